The summed E-state index contributed by atoms with van der Waals surface area (Å²) in [6.07, 6.45) is 0. The number of amides is 1. The second kappa shape index (κ2) is 7.99. The summed E-state index contributed by atoms with van der Waals surface area (Å²) in [4.78, 5) is 26.2. The summed E-state index contributed by atoms with van der Waals surface area (Å²) in [5, 5.41) is 8.06. The van der Waals surface area contributed by atoms with Crippen LogP contribution < -0.4 is 0 Å². The number of carbonyl (C=O) groups is 2. The molecule has 0 aliphatic carbocycles. The minimum atomic E-state index is -0.558. The lowest BCUT2D eigenvalue weighted by Gasteiger charge is -2.25. The Morgan fingerprint density at radius 3 is 2.63 bits per heavy atom. The molecule has 0 unspecified atom stereocenters. The molecule has 0 aliphatic heterocycles. The van der Waals surface area contributed by atoms with Crippen molar-refractivity contribution in [2.45, 2.75) is 26.4 Å². The van der Waals surface area contributed by atoms with E-state index in [1.165, 1.54) is 0 Å². The number of ether oxygens (including phenoxy) is 1. The van der Waals surface area contributed by atoms with E-state index in [1.54, 1.807) is 34.8 Å². The molecule has 0 fully saturated rings. The molecule has 1 atom stereocenters. The van der Waals surface area contributed by atoms with Gasteiger partial charge in [-0.3, -0.25) is 4.79 Å². The van der Waals surface area contributed by atoms with E-state index in [0.29, 0.717) is 17.6 Å². The molecular formula is C20H22N4O3. The van der Waals surface area contributed by atoms with Crippen molar-refractivity contribution in [2.24, 2.45) is 0 Å². The summed E-state index contributed by atoms with van der Waals surface area (Å²) in [6.45, 7) is 4.28. The van der Waals surface area contributed by atoms with Crippen molar-refractivity contribution in [3.05, 3.63) is 59.7 Å². The maximum Gasteiger partial charge on any atom is 0.338 e. The topological polar surface area (TPSA) is 77.3 Å². The summed E-state index contributed by atoms with van der Waals surface area (Å²) >= 11 is 0. The van der Waals surface area contributed by atoms with E-state index in [4.69, 9.17) is 4.74 Å². The van der Waals surface area contributed by atoms with E-state index < -0.39 is 5.97 Å². The van der Waals surface area contributed by atoms with Crippen LogP contribution in [0.4, 0.5) is 0 Å². The summed E-state index contributed by atoms with van der Waals surface area (Å²) in [6, 6.07) is 14.6. The number of hydrogen-bond donors (Lipinski definition) is 0. The Labute approximate surface area is 157 Å². The molecule has 0 saturated heterocycles. The minimum absolute atomic E-state index is 0.113. The molecule has 0 spiro atoms. The van der Waals surface area contributed by atoms with Crippen LogP contribution in [0.15, 0.2) is 48.5 Å². The first-order chi connectivity index (χ1) is 13.0. The minimum Gasteiger partial charge on any atom is -0.452 e. The predicted octanol–water partition coefficient (Wildman–Crippen LogP) is 2.83. The van der Waals surface area contributed by atoms with Gasteiger partial charge >= 0.3 is 5.97 Å². The van der Waals surface area contributed by atoms with Crippen LogP contribution in [0.1, 0.15) is 35.8 Å². The number of hydrogen-bond acceptors (Lipinski definition) is 5. The van der Waals surface area contributed by atoms with E-state index in [9.17, 15) is 9.59 Å². The molecule has 0 N–H and O–H groups in total. The number of nitrogens with zero attached hydrogens (tertiary/aromatic N) is 4. The molecule has 1 heterocycles. The molecule has 0 aliphatic rings. The highest BCUT2D eigenvalue weighted by Crippen LogP contribution is 2.18. The van der Waals surface area contributed by atoms with Crippen LogP contribution in [0.3, 0.4) is 0 Å². The van der Waals surface area contributed by atoms with Crippen LogP contribution in [0.2, 0.25) is 0 Å². The highest BCUT2D eigenvalue weighted by Gasteiger charge is 2.19. The Balaban J connectivity index is 1.62. The van der Waals surface area contributed by atoms with Crippen LogP contribution in [0.25, 0.3) is 11.0 Å². The Morgan fingerprint density at radius 1 is 1.19 bits per heavy atom. The Morgan fingerprint density at radius 2 is 1.93 bits per heavy atom. The van der Waals surface area contributed by atoms with Gasteiger partial charge in [-0.25, -0.2) is 9.48 Å². The number of likely N-dealkylation sites (N-methyl/N-ethyl adjacent to an activating group) is 1. The molecule has 0 radical (unpaired) electrons. The van der Waals surface area contributed by atoms with Crippen molar-refractivity contribution < 1.29 is 14.3 Å². The van der Waals surface area contributed by atoms with Crippen LogP contribution in [-0.4, -0.2) is 45.4 Å². The van der Waals surface area contributed by atoms with E-state index in [0.717, 1.165) is 11.1 Å². The largest absolute Gasteiger partial charge is 0.452 e. The number of carbonyl (C=O) groups excluding carboxylic acids is 2. The first-order valence-corrected chi connectivity index (χ1v) is 8.82. The molecular weight excluding hydrogens is 344 g/mol. The Bertz CT molecular complexity index is 952. The second-order valence-corrected chi connectivity index (χ2v) is 6.28. The normalized spacial score (nSPS) is 12.0. The number of aryl methyl sites for hydroxylation is 1. The highest BCUT2D eigenvalue weighted by atomic mass is 16.5. The van der Waals surface area contributed by atoms with Crippen LogP contribution in [-0.2, 0) is 16.1 Å². The van der Waals surface area contributed by atoms with Crippen molar-refractivity contribution in [1.29, 1.82) is 0 Å². The van der Waals surface area contributed by atoms with Gasteiger partial charge in [0, 0.05) is 13.6 Å². The third-order valence-corrected chi connectivity index (χ3v) is 4.63. The Kier molecular flexibility index (Phi) is 5.49. The lowest BCUT2D eigenvalue weighted by molar-refractivity contribution is -0.135. The third-order valence-electron chi connectivity index (χ3n) is 4.63. The van der Waals surface area contributed by atoms with Gasteiger partial charge in [0.25, 0.3) is 5.91 Å². The Hall–Kier alpha value is -3.22. The van der Waals surface area contributed by atoms with Gasteiger partial charge in [0.2, 0.25) is 0 Å². The smallest absolute Gasteiger partial charge is 0.338 e. The standard InChI is InChI=1S/C20H22N4O3/c1-4-24-18-11-10-16(12-17(18)21-22-24)20(26)27-13-19(25)23(3)14(2)15-8-6-5-7-9-15/h5-12,14H,4,13H2,1-3H3/t14-/m0/s1. The third kappa shape index (κ3) is 3.97. The monoisotopic (exact) mass is 366 g/mol. The molecule has 0 saturated carbocycles. The van der Waals surface area contributed by atoms with Crippen molar-refractivity contribution in [1.82, 2.24) is 19.9 Å². The van der Waals surface area contributed by atoms with E-state index in [2.05, 4.69) is 10.3 Å². The van der Waals surface area contributed by atoms with Crippen molar-refractivity contribution in [3.63, 3.8) is 0 Å². The zero-order valence-electron chi connectivity index (χ0n) is 15.6. The zero-order valence-corrected chi connectivity index (χ0v) is 15.6. The summed E-state index contributed by atoms with van der Waals surface area (Å²) < 4.78 is 6.94. The average molecular weight is 366 g/mol. The maximum atomic E-state index is 12.4. The molecule has 3 aromatic rings. The molecule has 2 aromatic carbocycles. The van der Waals surface area contributed by atoms with Gasteiger partial charge in [-0.15, -0.1) is 5.10 Å². The summed E-state index contributed by atoms with van der Waals surface area (Å²) in [7, 11) is 1.70. The van der Waals surface area contributed by atoms with Crippen LogP contribution >= 0.6 is 0 Å². The lowest BCUT2D eigenvalue weighted by atomic mass is 10.1. The zero-order chi connectivity index (χ0) is 19.4. The molecule has 1 amide bonds. The lowest BCUT2D eigenvalue weighted by Crippen LogP contribution is -2.33. The van der Waals surface area contributed by atoms with Gasteiger partial charge in [0.05, 0.1) is 17.1 Å². The van der Waals surface area contributed by atoms with Crippen molar-refractivity contribution >= 4 is 22.9 Å². The van der Waals surface area contributed by atoms with Crippen LogP contribution in [0, 0.1) is 0 Å². The molecule has 1 aromatic heterocycles. The fourth-order valence-electron chi connectivity index (χ4n) is 2.82. The van der Waals surface area contributed by atoms with Gasteiger partial charge in [-0.1, -0.05) is 35.5 Å². The molecule has 7 nitrogen and oxygen atoms in total. The quantitative estimate of drug-likeness (QED) is 0.627. The number of rotatable bonds is 6. The van der Waals surface area contributed by atoms with Crippen LogP contribution in [0.5, 0.6) is 0 Å². The first-order valence-electron chi connectivity index (χ1n) is 8.82. The summed E-state index contributed by atoms with van der Waals surface area (Å²) in [5.74, 6) is -0.824. The van der Waals surface area contributed by atoms with Gasteiger partial charge in [-0.05, 0) is 37.6 Å². The second-order valence-electron chi connectivity index (χ2n) is 6.28. The predicted molar refractivity (Wildman–Crippen MR) is 101 cm³/mol. The molecule has 7 heteroatoms. The first kappa shape index (κ1) is 18.6. The molecule has 140 valence electrons. The number of fused-ring (bicyclic) bond motifs is 1. The molecule has 3 rings (SSSR count). The number of esters is 1. The fraction of sp³-hybridized carbons (Fsp3) is 0.300. The van der Waals surface area contributed by atoms with E-state index in [-0.39, 0.29) is 18.6 Å². The average Bonchev–Trinajstić information content (AvgIpc) is 3.13. The number of aromatic nitrogens is 3. The fourth-order valence-corrected chi connectivity index (χ4v) is 2.82. The number of benzene rings is 2. The molecule has 0 bridgehead atoms. The van der Waals surface area contributed by atoms with Gasteiger partial charge in [-0.2, -0.15) is 0 Å². The van der Waals surface area contributed by atoms with Crippen molar-refractivity contribution in [3.8, 4) is 0 Å². The van der Waals surface area contributed by atoms with Gasteiger partial charge in [0.15, 0.2) is 6.61 Å². The van der Waals surface area contributed by atoms with E-state index in [1.807, 2.05) is 44.2 Å². The van der Waals surface area contributed by atoms with Crippen molar-refractivity contribution in [2.75, 3.05) is 13.7 Å². The highest BCUT2D eigenvalue weighted by molar-refractivity contribution is 5.94. The molecule has 27 heavy (non-hydrogen) atoms. The van der Waals surface area contributed by atoms with E-state index >= 15 is 0 Å². The maximum absolute atomic E-state index is 12.4. The SMILES string of the molecule is CCn1nnc2cc(C(=O)OCC(=O)N(C)[C@@H](C)c3ccccc3)ccc21. The van der Waals surface area contributed by atoms with Gasteiger partial charge < -0.3 is 9.64 Å². The van der Waals surface area contributed by atoms with Gasteiger partial charge in [0.1, 0.15) is 5.52 Å². The summed E-state index contributed by atoms with van der Waals surface area (Å²) in [5.41, 5.74) is 2.83.